The van der Waals surface area contributed by atoms with Gasteiger partial charge >= 0.3 is 10.0 Å². The van der Waals surface area contributed by atoms with E-state index in [0.29, 0.717) is 18.0 Å². The fourth-order valence-electron chi connectivity index (χ4n) is 1.82. The van der Waals surface area contributed by atoms with Gasteiger partial charge in [0.15, 0.2) is 0 Å². The van der Waals surface area contributed by atoms with E-state index in [9.17, 15) is 8.42 Å². The zero-order valence-corrected chi connectivity index (χ0v) is 12.5. The number of nitrogens with two attached hydrogens (primary N) is 2. The number of sulfonamides is 1. The van der Waals surface area contributed by atoms with Gasteiger partial charge in [-0.05, 0) is 59.4 Å². The molecule has 0 aliphatic carbocycles. The summed E-state index contributed by atoms with van der Waals surface area (Å²) in [5.74, 6) is 5.92. The Balaban J connectivity index is 2.11. The number of ether oxygens (including phenoxy) is 1. The minimum atomic E-state index is -3.85. The highest BCUT2D eigenvalue weighted by atomic mass is 32.2. The zero-order chi connectivity index (χ0) is 16.0. The number of hydrogen-bond acceptors (Lipinski definition) is 5. The minimum Gasteiger partial charge on any atom is -0.457 e. The van der Waals surface area contributed by atoms with Crippen molar-refractivity contribution in [2.24, 2.45) is 21.3 Å². The summed E-state index contributed by atoms with van der Waals surface area (Å²) in [4.78, 5) is -0.00709. The summed E-state index contributed by atoms with van der Waals surface area (Å²) in [6.07, 6.45) is 0.808. The van der Waals surface area contributed by atoms with Crippen LogP contribution in [0.15, 0.2) is 63.2 Å². The molecule has 0 heterocycles. The van der Waals surface area contributed by atoms with Gasteiger partial charge in [0.25, 0.3) is 0 Å². The Bertz CT molecular complexity index is 741. The second-order valence-electron chi connectivity index (χ2n) is 4.43. The van der Waals surface area contributed by atoms with Crippen LogP contribution in [0.5, 0.6) is 11.5 Å². The van der Waals surface area contributed by atoms with Crippen LogP contribution in [-0.2, 0) is 16.4 Å². The topological polar surface area (TPSA) is 120 Å². The van der Waals surface area contributed by atoms with Gasteiger partial charge < -0.3 is 16.3 Å². The highest BCUT2D eigenvalue weighted by molar-refractivity contribution is 7.90. The van der Waals surface area contributed by atoms with Crippen LogP contribution < -0.4 is 16.3 Å². The van der Waals surface area contributed by atoms with Crippen molar-refractivity contribution in [1.29, 1.82) is 0 Å². The van der Waals surface area contributed by atoms with E-state index in [1.54, 1.807) is 0 Å². The number of hydrogen-bond donors (Lipinski definition) is 2. The van der Waals surface area contributed by atoms with Crippen LogP contribution in [0.3, 0.4) is 0 Å². The standard InChI is InChI=1S/C14H16N4O3S/c15-10-9-11-1-3-12(4-2-11)21-13-5-7-14(8-6-13)22(19,20)18-17-16/h1-8H,9-10,15H2,(H2,16,18). The van der Waals surface area contributed by atoms with Gasteiger partial charge in [-0.25, -0.2) is 0 Å². The molecule has 0 unspecified atom stereocenters. The lowest BCUT2D eigenvalue weighted by Gasteiger charge is -2.07. The van der Waals surface area contributed by atoms with Crippen LogP contribution in [0.2, 0.25) is 0 Å². The maximum atomic E-state index is 11.6. The van der Waals surface area contributed by atoms with Gasteiger partial charge in [-0.3, -0.25) is 0 Å². The molecule has 4 N–H and O–H groups in total. The summed E-state index contributed by atoms with van der Waals surface area (Å²) in [5.41, 5.74) is 6.62. The average Bonchev–Trinajstić information content (AvgIpc) is 2.50. The van der Waals surface area contributed by atoms with Gasteiger partial charge in [-0.1, -0.05) is 17.4 Å². The quantitative estimate of drug-likeness (QED) is 0.479. The number of rotatable bonds is 6. The van der Waals surface area contributed by atoms with Crippen LogP contribution in [0.1, 0.15) is 5.56 Å². The van der Waals surface area contributed by atoms with Crippen molar-refractivity contribution >= 4 is 10.0 Å². The van der Waals surface area contributed by atoms with E-state index in [2.05, 4.69) is 9.74 Å². The Morgan fingerprint density at radius 3 is 2.00 bits per heavy atom. The van der Waals surface area contributed by atoms with Gasteiger partial charge in [-0.15, -0.1) is 0 Å². The van der Waals surface area contributed by atoms with Crippen LogP contribution in [0.25, 0.3) is 0 Å². The Kier molecular flexibility index (Phi) is 5.08. The molecule has 0 aromatic heterocycles. The van der Waals surface area contributed by atoms with E-state index in [0.717, 1.165) is 12.0 Å². The summed E-state index contributed by atoms with van der Waals surface area (Å²) in [7, 11) is -3.85. The Morgan fingerprint density at radius 1 is 0.955 bits per heavy atom. The minimum absolute atomic E-state index is 0.00709. The molecule has 0 amide bonds. The van der Waals surface area contributed by atoms with Crippen molar-refractivity contribution < 1.29 is 13.2 Å². The molecule has 7 nitrogen and oxygen atoms in total. The number of benzene rings is 2. The summed E-state index contributed by atoms with van der Waals surface area (Å²) >= 11 is 0. The molecule has 22 heavy (non-hydrogen) atoms. The van der Waals surface area contributed by atoms with Crippen molar-refractivity contribution in [2.75, 3.05) is 6.54 Å². The average molecular weight is 320 g/mol. The molecule has 0 aliphatic heterocycles. The van der Waals surface area contributed by atoms with E-state index in [1.165, 1.54) is 24.3 Å². The summed E-state index contributed by atoms with van der Waals surface area (Å²) < 4.78 is 31.8. The lowest BCUT2D eigenvalue weighted by Crippen LogP contribution is -2.02. The molecule has 0 radical (unpaired) electrons. The molecule has 0 fully saturated rings. The van der Waals surface area contributed by atoms with Crippen LogP contribution in [0, 0.1) is 0 Å². The number of nitrogens with zero attached hydrogens (tertiary/aromatic N) is 2. The molecule has 2 rings (SSSR count). The third-order valence-electron chi connectivity index (χ3n) is 2.87. The smallest absolute Gasteiger partial charge is 0.301 e. The SMILES string of the molecule is NCCc1ccc(Oc2ccc(S(=O)(=O)N=NN)cc2)cc1. The second kappa shape index (κ2) is 7.01. The Morgan fingerprint density at radius 2 is 1.50 bits per heavy atom. The van der Waals surface area contributed by atoms with Crippen molar-refractivity contribution in [3.63, 3.8) is 0 Å². The fraction of sp³-hybridized carbons (Fsp3) is 0.143. The first-order valence-corrected chi connectivity index (χ1v) is 7.93. The maximum absolute atomic E-state index is 11.6. The van der Waals surface area contributed by atoms with Gasteiger partial charge in [0.1, 0.15) is 11.5 Å². The molecule has 0 bridgehead atoms. The zero-order valence-electron chi connectivity index (χ0n) is 11.7. The molecule has 2 aromatic rings. The van der Waals surface area contributed by atoms with Gasteiger partial charge in [0.2, 0.25) is 0 Å². The van der Waals surface area contributed by atoms with E-state index in [4.69, 9.17) is 16.3 Å². The van der Waals surface area contributed by atoms with Crippen molar-refractivity contribution in [3.05, 3.63) is 54.1 Å². The highest BCUT2D eigenvalue weighted by Crippen LogP contribution is 2.24. The van der Waals surface area contributed by atoms with Crippen molar-refractivity contribution in [2.45, 2.75) is 11.3 Å². The van der Waals surface area contributed by atoms with E-state index >= 15 is 0 Å². The highest BCUT2D eigenvalue weighted by Gasteiger charge is 2.12. The van der Waals surface area contributed by atoms with Crippen LogP contribution in [-0.4, -0.2) is 15.0 Å². The summed E-state index contributed by atoms with van der Waals surface area (Å²) in [6.45, 7) is 0.594. The van der Waals surface area contributed by atoms with Gasteiger partial charge in [0.05, 0.1) is 4.90 Å². The molecule has 0 atom stereocenters. The normalized spacial score (nSPS) is 11.7. The molecule has 0 saturated carbocycles. The monoisotopic (exact) mass is 320 g/mol. The van der Waals surface area contributed by atoms with E-state index in [-0.39, 0.29) is 4.90 Å². The fourth-order valence-corrected chi connectivity index (χ4v) is 2.51. The molecule has 116 valence electrons. The molecular formula is C14H16N4O3S. The van der Waals surface area contributed by atoms with Gasteiger partial charge in [0, 0.05) is 0 Å². The van der Waals surface area contributed by atoms with Crippen LogP contribution >= 0.6 is 0 Å². The first kappa shape index (κ1) is 15.9. The molecular weight excluding hydrogens is 304 g/mol. The predicted molar refractivity (Wildman–Crippen MR) is 81.9 cm³/mol. The van der Waals surface area contributed by atoms with Crippen molar-refractivity contribution in [3.8, 4) is 11.5 Å². The Labute approximate surface area is 128 Å². The second-order valence-corrected chi connectivity index (χ2v) is 6.01. The van der Waals surface area contributed by atoms with Gasteiger partial charge in [-0.2, -0.15) is 8.42 Å². The maximum Gasteiger partial charge on any atom is 0.301 e. The van der Waals surface area contributed by atoms with Crippen LogP contribution in [0.4, 0.5) is 0 Å². The largest absolute Gasteiger partial charge is 0.457 e. The molecule has 8 heteroatoms. The first-order chi connectivity index (χ1) is 10.5. The first-order valence-electron chi connectivity index (χ1n) is 6.49. The molecule has 0 saturated heterocycles. The van der Waals surface area contributed by atoms with Crippen molar-refractivity contribution in [1.82, 2.24) is 0 Å². The third-order valence-corrected chi connectivity index (χ3v) is 4.05. The predicted octanol–water partition coefficient (Wildman–Crippen LogP) is 1.99. The molecule has 2 aromatic carbocycles. The van der Waals surface area contributed by atoms with E-state index in [1.807, 2.05) is 24.3 Å². The Hall–Kier alpha value is -2.45. The lowest BCUT2D eigenvalue weighted by atomic mass is 10.1. The molecule has 0 aliphatic rings. The third kappa shape index (κ3) is 4.03. The lowest BCUT2D eigenvalue weighted by molar-refractivity contribution is 0.482. The van der Waals surface area contributed by atoms with E-state index < -0.39 is 10.0 Å². The summed E-state index contributed by atoms with van der Waals surface area (Å²) in [6, 6.07) is 13.4. The molecule has 0 spiro atoms. The summed E-state index contributed by atoms with van der Waals surface area (Å²) in [5, 5.41) is 2.79.